The van der Waals surface area contributed by atoms with Crippen molar-refractivity contribution in [1.82, 2.24) is 20.4 Å². The molecule has 4 fully saturated rings. The summed E-state index contributed by atoms with van der Waals surface area (Å²) in [6, 6.07) is 7.07. The topological polar surface area (TPSA) is 158 Å². The number of ether oxygens (including phenoxy) is 2. The lowest BCUT2D eigenvalue weighted by Gasteiger charge is -2.64. The van der Waals surface area contributed by atoms with E-state index in [1.165, 1.54) is 21.6 Å². The summed E-state index contributed by atoms with van der Waals surface area (Å²) in [6.07, 6.45) is 2.66. The smallest absolute Gasteiger partial charge is 0.231 e. The summed E-state index contributed by atoms with van der Waals surface area (Å²) in [5.41, 5.74) is 0.900. The number of hydrogen-bond donors (Lipinski definition) is 4. The molecule has 274 valence electrons. The van der Waals surface area contributed by atoms with Crippen LogP contribution in [0, 0.1) is 0 Å². The molecule has 14 heteroatoms. The molecular weight excluding hydrogens is 705 g/mol. The molecule has 8 atom stereocenters. The van der Waals surface area contributed by atoms with Gasteiger partial charge in [0, 0.05) is 36.1 Å². The first-order chi connectivity index (χ1) is 25.0. The number of carbonyl (C=O) groups excluding carboxylic acids is 4. The van der Waals surface area contributed by atoms with Gasteiger partial charge >= 0.3 is 0 Å². The molecule has 2 spiro atoms. The van der Waals surface area contributed by atoms with Gasteiger partial charge in [-0.15, -0.1) is 0 Å². The molecule has 2 saturated carbocycles. The Morgan fingerprint density at radius 2 is 1.15 bits per heavy atom. The van der Waals surface area contributed by atoms with Crippen LogP contribution in [0.15, 0.2) is 24.3 Å². The average Bonchev–Trinajstić information content (AvgIpc) is 3.67. The minimum atomic E-state index is -0.755. The van der Waals surface area contributed by atoms with E-state index in [1.807, 2.05) is 12.1 Å². The van der Waals surface area contributed by atoms with E-state index >= 15 is 0 Å². The predicted octanol–water partition coefficient (Wildman–Crippen LogP) is 2.13. The number of nitrogens with zero attached hydrogens (tertiary/aromatic N) is 2. The monoisotopic (exact) mass is 746 g/mol. The summed E-state index contributed by atoms with van der Waals surface area (Å²) >= 11 is 0. The number of carbonyl (C=O) groups is 4. The fourth-order valence-electron chi connectivity index (χ4n) is 12.4. The molecule has 2 aromatic rings. The lowest BCUT2D eigenvalue weighted by molar-refractivity contribution is -0.148. The van der Waals surface area contributed by atoms with E-state index < -0.39 is 34.1 Å². The largest absolute Gasteiger partial charge is 0.504 e. The number of likely N-dealkylation sites (N-methyl/N-ethyl adjacent to an activating group) is 2. The number of ketones is 2. The molecule has 4 aliphatic carbocycles. The van der Waals surface area contributed by atoms with Crippen LogP contribution in [0.2, 0.25) is 0 Å². The second-order valence-corrected chi connectivity index (χ2v) is 18.7. The van der Waals surface area contributed by atoms with Crippen molar-refractivity contribution in [2.24, 2.45) is 0 Å². The zero-order valence-corrected chi connectivity index (χ0v) is 30.8. The maximum Gasteiger partial charge on any atom is 0.231 e. The minimum Gasteiger partial charge on any atom is -0.504 e. The Morgan fingerprint density at radius 1 is 0.731 bits per heavy atom. The number of benzene rings is 2. The van der Waals surface area contributed by atoms with Gasteiger partial charge in [-0.25, -0.2) is 0 Å². The highest BCUT2D eigenvalue weighted by Crippen LogP contribution is 2.66. The molecule has 8 aliphatic rings. The molecule has 4 aliphatic heterocycles. The van der Waals surface area contributed by atoms with Crippen molar-refractivity contribution in [1.29, 1.82) is 0 Å². The van der Waals surface area contributed by atoms with Crippen molar-refractivity contribution in [2.75, 3.05) is 38.7 Å². The molecule has 2 amide bonds. The van der Waals surface area contributed by atoms with Gasteiger partial charge < -0.3 is 40.1 Å². The third-order valence-corrected chi connectivity index (χ3v) is 16.5. The number of amides is 2. The summed E-state index contributed by atoms with van der Waals surface area (Å²) in [4.78, 5) is 59.2. The normalized spacial score (nSPS) is 37.4. The highest BCUT2D eigenvalue weighted by atomic mass is 33.1. The summed E-state index contributed by atoms with van der Waals surface area (Å²) in [6.45, 7) is 1.50. The molecule has 0 radical (unpaired) electrons. The van der Waals surface area contributed by atoms with Crippen LogP contribution >= 0.6 is 21.6 Å². The number of hydrogen-bond acceptors (Lipinski definition) is 12. The Labute approximate surface area is 309 Å². The van der Waals surface area contributed by atoms with Crippen molar-refractivity contribution in [3.05, 3.63) is 46.5 Å². The van der Waals surface area contributed by atoms with Gasteiger partial charge in [0.15, 0.2) is 46.8 Å². The maximum absolute atomic E-state index is 13.9. The molecule has 10 rings (SSSR count). The van der Waals surface area contributed by atoms with Crippen LogP contribution in [-0.4, -0.2) is 117 Å². The van der Waals surface area contributed by atoms with Crippen LogP contribution in [0.5, 0.6) is 23.0 Å². The molecule has 12 nitrogen and oxygen atoms in total. The van der Waals surface area contributed by atoms with E-state index in [1.54, 1.807) is 12.1 Å². The highest BCUT2D eigenvalue weighted by Gasteiger charge is 2.75. The zero-order valence-electron chi connectivity index (χ0n) is 29.2. The van der Waals surface area contributed by atoms with Crippen LogP contribution in [0.3, 0.4) is 0 Å². The third-order valence-electron chi connectivity index (χ3n) is 14.3. The van der Waals surface area contributed by atoms with Gasteiger partial charge in [0.1, 0.15) is 0 Å². The Hall–Kier alpha value is -3.46. The van der Waals surface area contributed by atoms with Gasteiger partial charge in [0.2, 0.25) is 11.8 Å². The number of likely N-dealkylation sites (tertiary alicyclic amines) is 2. The van der Waals surface area contributed by atoms with Crippen molar-refractivity contribution >= 4 is 45.0 Å². The number of phenolic OH excluding ortho intramolecular Hbond substituents is 2. The van der Waals surface area contributed by atoms with E-state index in [0.29, 0.717) is 50.0 Å². The van der Waals surface area contributed by atoms with Crippen LogP contribution in [0.25, 0.3) is 0 Å². The number of Topliss-reactive ketones (excluding diaryl/α,β-unsaturated/α-hetero) is 2. The lowest BCUT2D eigenvalue weighted by Crippen LogP contribution is -2.81. The van der Waals surface area contributed by atoms with Crippen LogP contribution in [-0.2, 0) is 42.8 Å². The van der Waals surface area contributed by atoms with Gasteiger partial charge in [-0.3, -0.25) is 19.2 Å². The maximum atomic E-state index is 13.9. The standard InChI is InChI=1S/C38H42N4O8S2/c1-41-13-11-35-29-19-3-5-21(43)31(29)49-33(35)23(45)7-9-37(35,25(41)15-19)39-27(47)17-51-52-18-28(48)40-38-10-8-24(46)34-36(38)12-14-42(2)26(38)16-20-4-6-22(44)32(50-34)30(20)36/h3-6,25-26,33-34,43-44H,7-18H2,1-2H3,(H,39,47)(H,40,48)/t25-,26-,33+,34+,35?,36?,37-,38-/m1/s1. The van der Waals surface area contributed by atoms with Gasteiger partial charge in [-0.1, -0.05) is 33.7 Å². The second kappa shape index (κ2) is 11.0. The van der Waals surface area contributed by atoms with Gasteiger partial charge in [-0.05, 0) is 89.0 Å². The van der Waals surface area contributed by atoms with E-state index in [-0.39, 0.29) is 71.3 Å². The minimum absolute atomic E-state index is 0.00853. The number of phenols is 2. The Bertz CT molecular complexity index is 1860. The third kappa shape index (κ3) is 3.89. The first kappa shape index (κ1) is 33.1. The quantitative estimate of drug-likeness (QED) is 0.242. The summed E-state index contributed by atoms with van der Waals surface area (Å²) < 4.78 is 12.6. The first-order valence-electron chi connectivity index (χ1n) is 18.3. The number of piperidine rings is 2. The first-order valence-corrected chi connectivity index (χ1v) is 20.8. The molecule has 4 bridgehead atoms. The SMILES string of the molecule is CN1CCC23c4c5ccc(O)c4O[C@H]2C(=O)CC[C@@]3(NC(=O)CSSCC(=O)N[C@@]23CCC(=O)[C@@H]4Oc6c(O)ccc7c6C42CCN(C)[C@@H]3C7)[C@H]1C5. The summed E-state index contributed by atoms with van der Waals surface area (Å²) in [5.74, 6) is 0.753. The van der Waals surface area contributed by atoms with Crippen molar-refractivity contribution < 1.29 is 38.9 Å². The highest BCUT2D eigenvalue weighted by molar-refractivity contribution is 8.77. The molecule has 2 saturated heterocycles. The molecule has 4 heterocycles. The van der Waals surface area contributed by atoms with Gasteiger partial charge in [0.05, 0.1) is 33.4 Å². The van der Waals surface area contributed by atoms with E-state index in [2.05, 4.69) is 34.5 Å². The molecule has 0 aromatic heterocycles. The second-order valence-electron chi connectivity index (χ2n) is 16.2. The average molecular weight is 747 g/mol. The van der Waals surface area contributed by atoms with Crippen LogP contribution in [0.1, 0.15) is 60.8 Å². The van der Waals surface area contributed by atoms with Crippen molar-refractivity contribution in [3.63, 3.8) is 0 Å². The van der Waals surface area contributed by atoms with Gasteiger partial charge in [-0.2, -0.15) is 0 Å². The van der Waals surface area contributed by atoms with E-state index in [9.17, 15) is 29.4 Å². The lowest BCUT2D eigenvalue weighted by atomic mass is 9.47. The number of aromatic hydroxyl groups is 2. The summed E-state index contributed by atoms with van der Waals surface area (Å²) in [5, 5.41) is 28.5. The van der Waals surface area contributed by atoms with Crippen molar-refractivity contribution in [3.8, 4) is 23.0 Å². The Kier molecular flexibility index (Phi) is 7.04. The molecule has 2 unspecified atom stereocenters. The van der Waals surface area contributed by atoms with Crippen LogP contribution in [0.4, 0.5) is 0 Å². The van der Waals surface area contributed by atoms with E-state index in [0.717, 1.165) is 35.3 Å². The molecule has 4 N–H and O–H groups in total. The fraction of sp³-hybridized carbons (Fsp3) is 0.579. The fourth-order valence-corrected chi connectivity index (χ4v) is 14.1. The molecule has 52 heavy (non-hydrogen) atoms. The Balaban J connectivity index is 0.866. The van der Waals surface area contributed by atoms with Crippen molar-refractivity contribution in [2.45, 2.75) is 97.6 Å². The van der Waals surface area contributed by atoms with Gasteiger partial charge in [0.25, 0.3) is 0 Å². The molecular formula is C38H42N4O8S2. The van der Waals surface area contributed by atoms with Crippen LogP contribution < -0.4 is 20.1 Å². The number of nitrogens with one attached hydrogen (secondary N) is 2. The number of rotatable bonds is 7. The van der Waals surface area contributed by atoms with E-state index in [4.69, 9.17) is 9.47 Å². The Morgan fingerprint density at radius 3 is 1.58 bits per heavy atom. The summed E-state index contributed by atoms with van der Waals surface area (Å²) in [7, 11) is 6.79. The molecule has 2 aromatic carbocycles. The zero-order chi connectivity index (χ0) is 35.9. The predicted molar refractivity (Wildman–Crippen MR) is 193 cm³/mol.